The second-order valence-corrected chi connectivity index (χ2v) is 8.62. The van der Waals surface area contributed by atoms with Crippen molar-refractivity contribution in [3.63, 3.8) is 0 Å². The second kappa shape index (κ2) is 11.9. The number of aldehydes is 1. The number of hydrogen-bond donors (Lipinski definition) is 3. The molecule has 3 aromatic rings. The Morgan fingerprint density at radius 3 is 2.56 bits per heavy atom. The summed E-state index contributed by atoms with van der Waals surface area (Å²) in [5.74, 6) is 0.396. The third-order valence-corrected chi connectivity index (χ3v) is 4.51. The molecule has 0 saturated carbocycles. The molecule has 0 spiro atoms. The van der Waals surface area contributed by atoms with Gasteiger partial charge in [-0.2, -0.15) is 0 Å². The summed E-state index contributed by atoms with van der Waals surface area (Å²) in [5, 5.41) is 6.04. The number of rotatable bonds is 10. The van der Waals surface area contributed by atoms with E-state index in [4.69, 9.17) is 19.9 Å². The smallest absolute Gasteiger partial charge is 0.407 e. The number of carbonyl (C=O) groups is 3. The minimum absolute atomic E-state index is 0.0226. The summed E-state index contributed by atoms with van der Waals surface area (Å²) in [6.45, 7) is 6.20. The maximum absolute atomic E-state index is 12.9. The Morgan fingerprint density at radius 1 is 1.06 bits per heavy atom. The molecule has 1 aromatic carbocycles. The topological polar surface area (TPSA) is 155 Å². The molecule has 0 aliphatic rings. The zero-order valence-electron chi connectivity index (χ0n) is 20.4. The van der Waals surface area contributed by atoms with Gasteiger partial charge in [0.25, 0.3) is 5.91 Å². The molecule has 2 amide bonds. The van der Waals surface area contributed by atoms with Gasteiger partial charge in [0, 0.05) is 30.1 Å². The number of aromatic nitrogens is 2. The molecule has 0 radical (unpaired) electrons. The highest BCUT2D eigenvalue weighted by Crippen LogP contribution is 2.28. The minimum atomic E-state index is -0.600. The van der Waals surface area contributed by atoms with Crippen LogP contribution >= 0.6 is 0 Å². The molecule has 0 aliphatic carbocycles. The van der Waals surface area contributed by atoms with Crippen molar-refractivity contribution >= 4 is 35.0 Å². The van der Waals surface area contributed by atoms with E-state index in [-0.39, 0.29) is 43.5 Å². The number of anilines is 1. The highest BCUT2D eigenvalue weighted by molar-refractivity contribution is 6.04. The Labute approximate surface area is 208 Å². The first-order valence-corrected chi connectivity index (χ1v) is 11.3. The highest BCUT2D eigenvalue weighted by atomic mass is 16.6. The van der Waals surface area contributed by atoms with Crippen LogP contribution in [0.2, 0.25) is 0 Å². The Balaban J connectivity index is 1.75. The number of fused-ring (bicyclic) bond motifs is 1. The molecule has 11 nitrogen and oxygen atoms in total. The third-order valence-electron chi connectivity index (χ3n) is 4.51. The van der Waals surface area contributed by atoms with Crippen LogP contribution in [0.5, 0.6) is 11.5 Å². The Morgan fingerprint density at radius 2 is 1.83 bits per heavy atom. The summed E-state index contributed by atoms with van der Waals surface area (Å²) < 4.78 is 16.5. The number of alkyl carbamates (subject to hydrolysis) is 1. The van der Waals surface area contributed by atoms with Gasteiger partial charge in [0.05, 0.1) is 12.1 Å². The Bertz CT molecular complexity index is 1240. The van der Waals surface area contributed by atoms with E-state index in [1.165, 1.54) is 12.1 Å². The van der Waals surface area contributed by atoms with Gasteiger partial charge < -0.3 is 30.6 Å². The van der Waals surface area contributed by atoms with E-state index in [1.807, 2.05) is 18.2 Å². The predicted molar refractivity (Wildman–Crippen MR) is 134 cm³/mol. The fourth-order valence-electron chi connectivity index (χ4n) is 3.10. The molecule has 0 aliphatic heterocycles. The van der Waals surface area contributed by atoms with Gasteiger partial charge in [0.15, 0.2) is 6.29 Å². The van der Waals surface area contributed by atoms with Gasteiger partial charge in [-0.25, -0.2) is 14.8 Å². The van der Waals surface area contributed by atoms with Gasteiger partial charge in [-0.1, -0.05) is 12.1 Å². The average Bonchev–Trinajstić information content (AvgIpc) is 2.84. The van der Waals surface area contributed by atoms with Crippen LogP contribution < -0.4 is 25.8 Å². The van der Waals surface area contributed by atoms with Gasteiger partial charge >= 0.3 is 6.09 Å². The molecule has 3 rings (SSSR count). The number of benzene rings is 1. The van der Waals surface area contributed by atoms with Crippen molar-refractivity contribution in [1.29, 1.82) is 0 Å². The van der Waals surface area contributed by atoms with Gasteiger partial charge in [-0.05, 0) is 32.9 Å². The number of nitrogens with one attached hydrogen (secondary N) is 2. The standard InChI is InChI=1S/C25H29N5O6/c1-25(2,3)36-24(33)27-9-11-35-21-14-22(29-19-7-5-4-6-18(19)21)30-23(32)20-13-17(34-10-8-26)12-16(15-31)28-20/h4-7,12-15H,8-11,26H2,1-3H3,(H,27,33)(H,29,30,32). The lowest BCUT2D eigenvalue weighted by atomic mass is 10.2. The molecule has 0 saturated heterocycles. The molecule has 190 valence electrons. The molecule has 4 N–H and O–H groups in total. The quantitative estimate of drug-likeness (QED) is 0.284. The number of carbonyl (C=O) groups excluding carboxylic acids is 3. The monoisotopic (exact) mass is 495 g/mol. The van der Waals surface area contributed by atoms with Crippen LogP contribution in [-0.4, -0.2) is 60.2 Å². The van der Waals surface area contributed by atoms with Crippen molar-refractivity contribution in [3.05, 3.63) is 53.9 Å². The number of nitrogens with two attached hydrogens (primary N) is 1. The molecule has 0 fully saturated rings. The lowest BCUT2D eigenvalue weighted by molar-refractivity contribution is 0.0520. The summed E-state index contributed by atoms with van der Waals surface area (Å²) in [6.07, 6.45) is -0.0176. The number of ether oxygens (including phenoxy) is 3. The van der Waals surface area contributed by atoms with E-state index in [2.05, 4.69) is 20.6 Å². The van der Waals surface area contributed by atoms with Crippen molar-refractivity contribution in [2.24, 2.45) is 5.73 Å². The fraction of sp³-hybridized carbons (Fsp3) is 0.320. The largest absolute Gasteiger partial charge is 0.492 e. The molecule has 0 bridgehead atoms. The summed E-state index contributed by atoms with van der Waals surface area (Å²) in [6, 6.07) is 11.7. The number of amides is 2. The van der Waals surface area contributed by atoms with Gasteiger partial charge in [-0.3, -0.25) is 9.59 Å². The van der Waals surface area contributed by atoms with Crippen LogP contribution in [0, 0.1) is 0 Å². The number of pyridine rings is 2. The van der Waals surface area contributed by atoms with E-state index < -0.39 is 17.6 Å². The third kappa shape index (κ3) is 7.64. The van der Waals surface area contributed by atoms with Crippen molar-refractivity contribution < 1.29 is 28.6 Å². The SMILES string of the molecule is CC(C)(C)OC(=O)NCCOc1cc(NC(=O)c2cc(OCCN)cc(C=O)n2)nc2ccccc12. The molecule has 0 unspecified atom stereocenters. The fourth-order valence-corrected chi connectivity index (χ4v) is 3.10. The first kappa shape index (κ1) is 26.4. The van der Waals surface area contributed by atoms with Crippen LogP contribution in [0.3, 0.4) is 0 Å². The summed E-state index contributed by atoms with van der Waals surface area (Å²) in [5.41, 5.74) is 5.46. The van der Waals surface area contributed by atoms with Gasteiger partial charge in [0.2, 0.25) is 0 Å². The zero-order chi connectivity index (χ0) is 26.1. The normalized spacial score (nSPS) is 11.0. The van der Waals surface area contributed by atoms with Crippen LogP contribution in [0.1, 0.15) is 41.7 Å². The molecule has 0 atom stereocenters. The zero-order valence-corrected chi connectivity index (χ0v) is 20.4. The van der Waals surface area contributed by atoms with Crippen LogP contribution in [0.15, 0.2) is 42.5 Å². The van der Waals surface area contributed by atoms with E-state index in [9.17, 15) is 14.4 Å². The summed E-state index contributed by atoms with van der Waals surface area (Å²) >= 11 is 0. The molecule has 36 heavy (non-hydrogen) atoms. The number of para-hydroxylation sites is 1. The molecule has 11 heteroatoms. The average molecular weight is 496 g/mol. The Kier molecular flexibility index (Phi) is 8.74. The van der Waals surface area contributed by atoms with Crippen molar-refractivity contribution in [2.45, 2.75) is 26.4 Å². The predicted octanol–water partition coefficient (Wildman–Crippen LogP) is 2.94. The van der Waals surface area contributed by atoms with E-state index in [1.54, 1.807) is 32.9 Å². The lowest BCUT2D eigenvalue weighted by Crippen LogP contribution is -2.34. The van der Waals surface area contributed by atoms with Crippen LogP contribution in [0.4, 0.5) is 10.6 Å². The van der Waals surface area contributed by atoms with Crippen molar-refractivity contribution in [1.82, 2.24) is 15.3 Å². The maximum atomic E-state index is 12.9. The molecule has 2 aromatic heterocycles. The molecule has 2 heterocycles. The van der Waals surface area contributed by atoms with Crippen LogP contribution in [-0.2, 0) is 4.74 Å². The van der Waals surface area contributed by atoms with E-state index in [0.717, 1.165) is 5.39 Å². The first-order chi connectivity index (χ1) is 17.2. The van der Waals surface area contributed by atoms with Gasteiger partial charge in [0.1, 0.15) is 47.5 Å². The van der Waals surface area contributed by atoms with Crippen LogP contribution in [0.25, 0.3) is 10.9 Å². The summed E-state index contributed by atoms with van der Waals surface area (Å²) in [4.78, 5) is 44.5. The summed E-state index contributed by atoms with van der Waals surface area (Å²) in [7, 11) is 0. The molecular formula is C25H29N5O6. The minimum Gasteiger partial charge on any atom is -0.492 e. The lowest BCUT2D eigenvalue weighted by Gasteiger charge is -2.19. The van der Waals surface area contributed by atoms with Crippen molar-refractivity contribution in [3.8, 4) is 11.5 Å². The number of hydrogen-bond acceptors (Lipinski definition) is 9. The second-order valence-electron chi connectivity index (χ2n) is 8.62. The van der Waals surface area contributed by atoms with Gasteiger partial charge in [-0.15, -0.1) is 0 Å². The molecular weight excluding hydrogens is 466 g/mol. The van der Waals surface area contributed by atoms with E-state index in [0.29, 0.717) is 23.3 Å². The van der Waals surface area contributed by atoms with E-state index >= 15 is 0 Å². The maximum Gasteiger partial charge on any atom is 0.407 e. The van der Waals surface area contributed by atoms with Crippen molar-refractivity contribution in [2.75, 3.05) is 31.6 Å². The Hall–Kier alpha value is -4.25. The highest BCUT2D eigenvalue weighted by Gasteiger charge is 2.17. The first-order valence-electron chi connectivity index (χ1n) is 11.3. The number of nitrogens with zero attached hydrogens (tertiary/aromatic N) is 2.